The number of benzene rings is 8. The van der Waals surface area contributed by atoms with Gasteiger partial charge >= 0.3 is 0 Å². The fourth-order valence-electron chi connectivity index (χ4n) is 7.47. The van der Waals surface area contributed by atoms with Gasteiger partial charge in [0.15, 0.2) is 0 Å². The molecule has 0 unspecified atom stereocenters. The van der Waals surface area contributed by atoms with Crippen LogP contribution in [0, 0.1) is 0 Å². The zero-order valence-electron chi connectivity index (χ0n) is 26.5. The van der Waals surface area contributed by atoms with Crippen LogP contribution in [0.1, 0.15) is 0 Å². The molecule has 2 aromatic heterocycles. The van der Waals surface area contributed by atoms with Crippen LogP contribution in [0.25, 0.3) is 99.2 Å². The van der Waals surface area contributed by atoms with E-state index in [1.165, 1.54) is 10.8 Å². The van der Waals surface area contributed by atoms with E-state index < -0.39 is 0 Å². The highest BCUT2D eigenvalue weighted by Crippen LogP contribution is 2.41. The smallest absolute Gasteiger partial charge is 0.143 e. The highest BCUT2D eigenvalue weighted by Gasteiger charge is 2.17. The molecular formula is C46H28N2O. The van der Waals surface area contributed by atoms with Crippen LogP contribution in [0.2, 0.25) is 0 Å². The van der Waals surface area contributed by atoms with Gasteiger partial charge in [-0.3, -0.25) is 4.98 Å². The number of hydrogen-bond donors (Lipinski definition) is 0. The molecule has 10 aromatic rings. The Morgan fingerprint density at radius 1 is 0.347 bits per heavy atom. The molecule has 0 bridgehead atoms. The van der Waals surface area contributed by atoms with Crippen molar-refractivity contribution in [2.45, 2.75) is 0 Å². The summed E-state index contributed by atoms with van der Waals surface area (Å²) in [5.41, 5.74) is 12.4. The minimum absolute atomic E-state index is 0.854. The van der Waals surface area contributed by atoms with E-state index in [2.05, 4.69) is 152 Å². The van der Waals surface area contributed by atoms with Gasteiger partial charge in [-0.2, -0.15) is 0 Å². The van der Waals surface area contributed by atoms with Gasteiger partial charge in [-0.05, 0) is 44.7 Å². The Morgan fingerprint density at radius 3 is 1.55 bits per heavy atom. The van der Waals surface area contributed by atoms with Crippen LogP contribution in [-0.4, -0.2) is 9.97 Å². The molecule has 3 nitrogen and oxygen atoms in total. The molecule has 0 N–H and O–H groups in total. The van der Waals surface area contributed by atoms with Crippen LogP contribution in [0.3, 0.4) is 0 Å². The van der Waals surface area contributed by atoms with Crippen molar-refractivity contribution in [3.63, 3.8) is 0 Å². The summed E-state index contributed by atoms with van der Waals surface area (Å²) in [5.74, 6) is 0. The van der Waals surface area contributed by atoms with Crippen molar-refractivity contribution < 1.29 is 4.42 Å². The molecular weight excluding hydrogens is 597 g/mol. The number of nitrogens with zero attached hydrogens (tertiary/aromatic N) is 2. The lowest BCUT2D eigenvalue weighted by Gasteiger charge is -2.15. The molecule has 8 aromatic carbocycles. The van der Waals surface area contributed by atoms with E-state index in [9.17, 15) is 0 Å². The summed E-state index contributed by atoms with van der Waals surface area (Å²) in [4.78, 5) is 10.4. The predicted molar refractivity (Wildman–Crippen MR) is 204 cm³/mol. The second-order valence-electron chi connectivity index (χ2n) is 12.5. The van der Waals surface area contributed by atoms with E-state index in [0.29, 0.717) is 0 Å². The first-order chi connectivity index (χ1) is 24.3. The first-order valence-corrected chi connectivity index (χ1v) is 16.6. The van der Waals surface area contributed by atoms with Crippen LogP contribution in [0.4, 0.5) is 0 Å². The van der Waals surface area contributed by atoms with Crippen molar-refractivity contribution in [2.75, 3.05) is 0 Å². The van der Waals surface area contributed by atoms with E-state index in [0.717, 1.165) is 88.4 Å². The number of aromatic nitrogens is 2. The number of hydrogen-bond acceptors (Lipinski definition) is 3. The summed E-state index contributed by atoms with van der Waals surface area (Å²) in [5, 5.41) is 6.90. The maximum absolute atomic E-state index is 6.35. The van der Waals surface area contributed by atoms with E-state index in [1.807, 2.05) is 18.3 Å². The van der Waals surface area contributed by atoms with Gasteiger partial charge in [0.05, 0.1) is 22.9 Å². The first-order valence-electron chi connectivity index (χ1n) is 16.6. The maximum atomic E-state index is 6.35. The van der Waals surface area contributed by atoms with Crippen molar-refractivity contribution in [1.29, 1.82) is 0 Å². The molecule has 0 amide bonds. The molecule has 228 valence electrons. The second-order valence-corrected chi connectivity index (χ2v) is 12.5. The molecule has 0 saturated heterocycles. The molecule has 3 heteroatoms. The lowest BCUT2D eigenvalue weighted by molar-refractivity contribution is 0.670. The molecule has 0 fully saturated rings. The van der Waals surface area contributed by atoms with Crippen molar-refractivity contribution in [1.82, 2.24) is 9.97 Å². The quantitative estimate of drug-likeness (QED) is 0.183. The fourth-order valence-corrected chi connectivity index (χ4v) is 7.47. The summed E-state index contributed by atoms with van der Waals surface area (Å²) >= 11 is 0. The largest absolute Gasteiger partial charge is 0.455 e. The Labute approximate surface area is 282 Å². The van der Waals surface area contributed by atoms with Crippen molar-refractivity contribution in [3.8, 4) is 44.6 Å². The summed E-state index contributed by atoms with van der Waals surface area (Å²) < 4.78 is 6.35. The Kier molecular flexibility index (Phi) is 6.18. The number of rotatable bonds is 4. The Balaban J connectivity index is 1.09. The Bertz CT molecular complexity index is 2850. The molecule has 0 atom stereocenters. The SMILES string of the molecule is c1ccc(-c2ccccc2-c2cnc3c4ccccc4c4ccccc4c3n2)c(-c2ccc(-c3cccc4c3oc3ccccc34)cc2)c1. The van der Waals surface area contributed by atoms with Crippen LogP contribution in [0.15, 0.2) is 174 Å². The van der Waals surface area contributed by atoms with Gasteiger partial charge in [-0.15, -0.1) is 0 Å². The maximum Gasteiger partial charge on any atom is 0.143 e. The Morgan fingerprint density at radius 2 is 0.837 bits per heavy atom. The van der Waals surface area contributed by atoms with E-state index in [4.69, 9.17) is 14.4 Å². The van der Waals surface area contributed by atoms with Gasteiger partial charge in [0, 0.05) is 32.7 Å². The molecule has 0 spiro atoms. The summed E-state index contributed by atoms with van der Waals surface area (Å²) in [6.07, 6.45) is 1.93. The highest BCUT2D eigenvalue weighted by molar-refractivity contribution is 6.23. The van der Waals surface area contributed by atoms with E-state index >= 15 is 0 Å². The van der Waals surface area contributed by atoms with Crippen molar-refractivity contribution >= 4 is 54.5 Å². The average Bonchev–Trinajstić information content (AvgIpc) is 3.57. The molecule has 10 rings (SSSR count). The average molecular weight is 625 g/mol. The molecule has 2 heterocycles. The molecule has 0 radical (unpaired) electrons. The van der Waals surface area contributed by atoms with Gasteiger partial charge in [-0.25, -0.2) is 4.98 Å². The van der Waals surface area contributed by atoms with Crippen LogP contribution < -0.4 is 0 Å². The van der Waals surface area contributed by atoms with Gasteiger partial charge in [0.2, 0.25) is 0 Å². The summed E-state index contributed by atoms with van der Waals surface area (Å²) in [6, 6.07) is 57.6. The van der Waals surface area contributed by atoms with Crippen molar-refractivity contribution in [3.05, 3.63) is 170 Å². The van der Waals surface area contributed by atoms with E-state index in [-0.39, 0.29) is 0 Å². The third-order valence-electron chi connectivity index (χ3n) is 9.76. The summed E-state index contributed by atoms with van der Waals surface area (Å²) in [6.45, 7) is 0. The highest BCUT2D eigenvalue weighted by atomic mass is 16.3. The van der Waals surface area contributed by atoms with Gasteiger partial charge in [0.25, 0.3) is 0 Å². The molecule has 0 aliphatic heterocycles. The molecule has 0 aliphatic rings. The standard InChI is InChI=1S/C46H28N2O/c1-2-13-33(31(12-1)29-24-26-30(27-25-29)32-21-11-22-41-38-18-9-10-23-43(38)49-46(32)41)34-14-3-6-17-37(34)42-28-47-44-39-19-7-4-15-35(39)36-16-5-8-20-40(36)45(44)48-42/h1-28H. The summed E-state index contributed by atoms with van der Waals surface area (Å²) in [7, 11) is 0. The second kappa shape index (κ2) is 11.0. The molecule has 0 aliphatic carbocycles. The first kappa shape index (κ1) is 27.5. The monoisotopic (exact) mass is 624 g/mol. The minimum Gasteiger partial charge on any atom is -0.455 e. The Hall–Kier alpha value is -6.58. The zero-order chi connectivity index (χ0) is 32.3. The van der Waals surface area contributed by atoms with Gasteiger partial charge in [0.1, 0.15) is 11.2 Å². The third-order valence-corrected chi connectivity index (χ3v) is 9.76. The molecule has 49 heavy (non-hydrogen) atoms. The lowest BCUT2D eigenvalue weighted by Crippen LogP contribution is -1.94. The van der Waals surface area contributed by atoms with Gasteiger partial charge < -0.3 is 4.42 Å². The lowest BCUT2D eigenvalue weighted by atomic mass is 9.90. The van der Waals surface area contributed by atoms with Gasteiger partial charge in [-0.1, -0.05) is 158 Å². The predicted octanol–water partition coefficient (Wildman–Crippen LogP) is 12.5. The third kappa shape index (κ3) is 4.37. The zero-order valence-corrected chi connectivity index (χ0v) is 26.5. The van der Waals surface area contributed by atoms with Crippen LogP contribution >= 0.6 is 0 Å². The number of para-hydroxylation sites is 2. The van der Waals surface area contributed by atoms with Crippen LogP contribution in [-0.2, 0) is 0 Å². The van der Waals surface area contributed by atoms with Crippen molar-refractivity contribution in [2.24, 2.45) is 0 Å². The number of fused-ring (bicyclic) bond motifs is 9. The van der Waals surface area contributed by atoms with Crippen LogP contribution in [0.5, 0.6) is 0 Å². The fraction of sp³-hybridized carbons (Fsp3) is 0. The normalized spacial score (nSPS) is 11.7. The number of furan rings is 1. The van der Waals surface area contributed by atoms with E-state index in [1.54, 1.807) is 0 Å². The molecule has 0 saturated carbocycles. The minimum atomic E-state index is 0.854. The topological polar surface area (TPSA) is 38.9 Å².